The Labute approximate surface area is 105 Å². The second kappa shape index (κ2) is 5.31. The monoisotopic (exact) mass is 245 g/mol. The number of pyridine rings is 1. The molecule has 2 aromatic heterocycles. The van der Waals surface area contributed by atoms with Gasteiger partial charge in [0.05, 0.1) is 6.21 Å². The molecule has 0 saturated heterocycles. The molecule has 0 aliphatic rings. The number of aromatic nitrogens is 3. The van der Waals surface area contributed by atoms with Crippen molar-refractivity contribution in [3.05, 3.63) is 36.3 Å². The smallest absolute Gasteiger partial charge is 0.155 e. The Morgan fingerprint density at radius 2 is 2.33 bits per heavy atom. The third-order valence-corrected chi connectivity index (χ3v) is 2.30. The number of anilines is 1. The van der Waals surface area contributed by atoms with Gasteiger partial charge < -0.3 is 10.5 Å². The standard InChI is InChI=1S/C12H15N5O/c1-9(2)16-11-6-12(17-5-3-4-14-17)13-7-10(11)8-15-18/h3-9,18H,1-2H3,(H,13,16). The summed E-state index contributed by atoms with van der Waals surface area (Å²) in [6.07, 6.45) is 6.51. The van der Waals surface area contributed by atoms with Gasteiger partial charge in [0.15, 0.2) is 5.82 Å². The summed E-state index contributed by atoms with van der Waals surface area (Å²) >= 11 is 0. The Bertz CT molecular complexity index is 533. The van der Waals surface area contributed by atoms with Crippen LogP contribution in [0.4, 0.5) is 5.69 Å². The molecule has 0 radical (unpaired) electrons. The highest BCUT2D eigenvalue weighted by Gasteiger charge is 2.06. The van der Waals surface area contributed by atoms with Crippen molar-refractivity contribution in [1.29, 1.82) is 0 Å². The summed E-state index contributed by atoms with van der Waals surface area (Å²) in [5, 5.41) is 19.1. The largest absolute Gasteiger partial charge is 0.411 e. The predicted molar refractivity (Wildman–Crippen MR) is 69.5 cm³/mol. The lowest BCUT2D eigenvalue weighted by molar-refractivity contribution is 0.322. The van der Waals surface area contributed by atoms with Crippen molar-refractivity contribution in [3.8, 4) is 5.82 Å². The molecule has 0 bridgehead atoms. The lowest BCUT2D eigenvalue weighted by atomic mass is 10.2. The zero-order valence-electron chi connectivity index (χ0n) is 10.3. The zero-order valence-corrected chi connectivity index (χ0v) is 10.3. The van der Waals surface area contributed by atoms with Crippen LogP contribution in [-0.2, 0) is 0 Å². The third kappa shape index (κ3) is 2.65. The Balaban J connectivity index is 2.41. The minimum atomic E-state index is 0.267. The summed E-state index contributed by atoms with van der Waals surface area (Å²) in [4.78, 5) is 4.27. The normalized spacial score (nSPS) is 11.3. The van der Waals surface area contributed by atoms with E-state index in [0.29, 0.717) is 5.82 Å². The fraction of sp³-hybridized carbons (Fsp3) is 0.250. The first-order valence-corrected chi connectivity index (χ1v) is 5.64. The zero-order chi connectivity index (χ0) is 13.0. The summed E-state index contributed by atoms with van der Waals surface area (Å²) < 4.78 is 1.67. The highest BCUT2D eigenvalue weighted by molar-refractivity contribution is 5.87. The van der Waals surface area contributed by atoms with Crippen molar-refractivity contribution in [2.75, 3.05) is 5.32 Å². The van der Waals surface area contributed by atoms with Gasteiger partial charge in [0.25, 0.3) is 0 Å². The summed E-state index contributed by atoms with van der Waals surface area (Å²) in [5.74, 6) is 0.707. The summed E-state index contributed by atoms with van der Waals surface area (Å²) in [7, 11) is 0. The van der Waals surface area contributed by atoms with E-state index in [0.717, 1.165) is 11.3 Å². The average molecular weight is 245 g/mol. The highest BCUT2D eigenvalue weighted by Crippen LogP contribution is 2.17. The van der Waals surface area contributed by atoms with Gasteiger partial charge in [-0.05, 0) is 19.9 Å². The fourth-order valence-corrected chi connectivity index (χ4v) is 1.59. The van der Waals surface area contributed by atoms with Gasteiger partial charge >= 0.3 is 0 Å². The van der Waals surface area contributed by atoms with E-state index in [1.54, 1.807) is 17.1 Å². The Hall–Kier alpha value is -2.37. The fourth-order valence-electron chi connectivity index (χ4n) is 1.59. The number of hydrogen-bond acceptors (Lipinski definition) is 5. The van der Waals surface area contributed by atoms with Gasteiger partial charge in [0.2, 0.25) is 0 Å². The molecular weight excluding hydrogens is 230 g/mol. The number of oxime groups is 1. The highest BCUT2D eigenvalue weighted by atomic mass is 16.4. The number of nitrogens with one attached hydrogen (secondary N) is 1. The van der Waals surface area contributed by atoms with Gasteiger partial charge in [-0.2, -0.15) is 5.10 Å². The van der Waals surface area contributed by atoms with E-state index >= 15 is 0 Å². The molecule has 94 valence electrons. The molecule has 2 heterocycles. The molecule has 2 aromatic rings. The lowest BCUT2D eigenvalue weighted by Gasteiger charge is -2.13. The van der Waals surface area contributed by atoms with Crippen LogP contribution < -0.4 is 5.32 Å². The first-order chi connectivity index (χ1) is 8.70. The molecule has 2 N–H and O–H groups in total. The second-order valence-electron chi connectivity index (χ2n) is 4.12. The maximum absolute atomic E-state index is 8.63. The average Bonchev–Trinajstić information content (AvgIpc) is 2.84. The summed E-state index contributed by atoms with van der Waals surface area (Å²) in [5.41, 5.74) is 1.57. The topological polar surface area (TPSA) is 75.3 Å². The molecular formula is C12H15N5O. The maximum Gasteiger partial charge on any atom is 0.155 e. The molecule has 2 rings (SSSR count). The van der Waals surface area contributed by atoms with Crippen LogP contribution in [0.25, 0.3) is 5.82 Å². The Morgan fingerprint density at radius 3 is 2.94 bits per heavy atom. The molecule has 6 nitrogen and oxygen atoms in total. The minimum absolute atomic E-state index is 0.267. The van der Waals surface area contributed by atoms with Crippen molar-refractivity contribution in [2.45, 2.75) is 19.9 Å². The van der Waals surface area contributed by atoms with E-state index in [-0.39, 0.29) is 6.04 Å². The molecule has 0 fully saturated rings. The van der Waals surface area contributed by atoms with Crippen molar-refractivity contribution in [2.24, 2.45) is 5.16 Å². The number of hydrogen-bond donors (Lipinski definition) is 2. The van der Waals surface area contributed by atoms with Gasteiger partial charge in [-0.25, -0.2) is 9.67 Å². The van der Waals surface area contributed by atoms with Crippen molar-refractivity contribution in [3.63, 3.8) is 0 Å². The molecule has 0 amide bonds. The van der Waals surface area contributed by atoms with Gasteiger partial charge in [-0.15, -0.1) is 0 Å². The van der Waals surface area contributed by atoms with Crippen molar-refractivity contribution < 1.29 is 5.21 Å². The van der Waals surface area contributed by atoms with Crippen LogP contribution in [0, 0.1) is 0 Å². The SMILES string of the molecule is CC(C)Nc1cc(-n2cccn2)ncc1C=NO. The minimum Gasteiger partial charge on any atom is -0.411 e. The van der Waals surface area contributed by atoms with Crippen LogP contribution >= 0.6 is 0 Å². The molecule has 0 unspecified atom stereocenters. The van der Waals surface area contributed by atoms with Crippen LogP contribution in [0.15, 0.2) is 35.9 Å². The van der Waals surface area contributed by atoms with E-state index in [9.17, 15) is 0 Å². The Kier molecular flexibility index (Phi) is 3.57. The van der Waals surface area contributed by atoms with Gasteiger partial charge in [0.1, 0.15) is 0 Å². The summed E-state index contributed by atoms with van der Waals surface area (Å²) in [6.45, 7) is 4.07. The maximum atomic E-state index is 8.63. The molecule has 0 atom stereocenters. The number of rotatable bonds is 4. The van der Waals surface area contributed by atoms with Gasteiger partial charge in [0, 0.05) is 41.9 Å². The first-order valence-electron chi connectivity index (χ1n) is 5.64. The van der Waals surface area contributed by atoms with Gasteiger partial charge in [-0.3, -0.25) is 0 Å². The molecule has 6 heteroatoms. The van der Waals surface area contributed by atoms with Crippen molar-refractivity contribution in [1.82, 2.24) is 14.8 Å². The molecule has 0 aromatic carbocycles. The third-order valence-electron chi connectivity index (χ3n) is 2.30. The quantitative estimate of drug-likeness (QED) is 0.490. The Morgan fingerprint density at radius 1 is 1.50 bits per heavy atom. The molecule has 0 aliphatic heterocycles. The molecule has 0 spiro atoms. The molecule has 0 saturated carbocycles. The van der Waals surface area contributed by atoms with Crippen LogP contribution in [0.5, 0.6) is 0 Å². The molecule has 0 aliphatic carbocycles. The lowest BCUT2D eigenvalue weighted by Crippen LogP contribution is -2.12. The van der Waals surface area contributed by atoms with Crippen molar-refractivity contribution >= 4 is 11.9 Å². The predicted octanol–water partition coefficient (Wildman–Crippen LogP) is 1.90. The van der Waals surface area contributed by atoms with Crippen LogP contribution in [0.1, 0.15) is 19.4 Å². The summed E-state index contributed by atoms with van der Waals surface area (Å²) in [6, 6.07) is 3.97. The molecule has 18 heavy (non-hydrogen) atoms. The van der Waals surface area contributed by atoms with Crippen LogP contribution in [-0.4, -0.2) is 32.2 Å². The van der Waals surface area contributed by atoms with Crippen LogP contribution in [0.3, 0.4) is 0 Å². The van der Waals surface area contributed by atoms with E-state index in [2.05, 4.69) is 20.6 Å². The van der Waals surface area contributed by atoms with E-state index < -0.39 is 0 Å². The van der Waals surface area contributed by atoms with E-state index in [4.69, 9.17) is 5.21 Å². The first kappa shape index (κ1) is 12.1. The van der Waals surface area contributed by atoms with E-state index in [1.165, 1.54) is 6.21 Å². The number of nitrogens with zero attached hydrogens (tertiary/aromatic N) is 4. The second-order valence-corrected chi connectivity index (χ2v) is 4.12. The van der Waals surface area contributed by atoms with Crippen LogP contribution in [0.2, 0.25) is 0 Å². The van der Waals surface area contributed by atoms with E-state index in [1.807, 2.05) is 32.2 Å². The van der Waals surface area contributed by atoms with Gasteiger partial charge in [-0.1, -0.05) is 5.16 Å².